The Morgan fingerprint density at radius 1 is 1.10 bits per heavy atom. The summed E-state index contributed by atoms with van der Waals surface area (Å²) in [6.07, 6.45) is 0.557. The van der Waals surface area contributed by atoms with Crippen molar-refractivity contribution >= 4 is 11.6 Å². The quantitative estimate of drug-likeness (QED) is 0.558. The summed E-state index contributed by atoms with van der Waals surface area (Å²) in [4.78, 5) is 32.5. The van der Waals surface area contributed by atoms with Gasteiger partial charge in [-0.05, 0) is 48.9 Å². The molecule has 1 amide bonds. The predicted molar refractivity (Wildman–Crippen MR) is 117 cm³/mol. The molecule has 0 bridgehead atoms. The number of methoxy groups -OCH3 is 1. The second-order valence-electron chi connectivity index (χ2n) is 7.78. The van der Waals surface area contributed by atoms with Crippen molar-refractivity contribution < 1.29 is 9.53 Å². The molecule has 31 heavy (non-hydrogen) atoms. The van der Waals surface area contributed by atoms with Gasteiger partial charge in [0, 0.05) is 24.6 Å². The molecule has 5 rings (SSSR count). The average Bonchev–Trinajstić information content (AvgIpc) is 3.23. The number of benzene rings is 2. The molecular weight excluding hydrogens is 392 g/mol. The van der Waals surface area contributed by atoms with Crippen LogP contribution < -0.4 is 10.3 Å². The van der Waals surface area contributed by atoms with Crippen molar-refractivity contribution in [2.45, 2.75) is 19.9 Å². The molecule has 4 aromatic rings. The van der Waals surface area contributed by atoms with Crippen LogP contribution >= 0.6 is 0 Å². The summed E-state index contributed by atoms with van der Waals surface area (Å²) in [6.45, 7) is 2.78. The number of fused-ring (bicyclic) bond motifs is 2. The van der Waals surface area contributed by atoms with Crippen molar-refractivity contribution in [3.8, 4) is 17.0 Å². The minimum atomic E-state index is -0.166. The first-order valence-electron chi connectivity index (χ1n) is 10.2. The molecule has 3 heterocycles. The third-order valence-electron chi connectivity index (χ3n) is 5.75. The van der Waals surface area contributed by atoms with E-state index in [9.17, 15) is 9.59 Å². The monoisotopic (exact) mass is 414 g/mol. The summed E-state index contributed by atoms with van der Waals surface area (Å²) < 4.78 is 6.66. The number of hydrogen-bond acceptors (Lipinski definition) is 4. The summed E-state index contributed by atoms with van der Waals surface area (Å²) in [6, 6.07) is 17.0. The van der Waals surface area contributed by atoms with Gasteiger partial charge < -0.3 is 9.64 Å². The molecule has 0 fully saturated rings. The van der Waals surface area contributed by atoms with E-state index in [1.807, 2.05) is 61.5 Å². The molecule has 0 aliphatic carbocycles. The van der Waals surface area contributed by atoms with Crippen LogP contribution in [0.4, 0.5) is 0 Å². The van der Waals surface area contributed by atoms with E-state index in [-0.39, 0.29) is 18.0 Å². The first-order valence-corrected chi connectivity index (χ1v) is 10.2. The van der Waals surface area contributed by atoms with E-state index in [2.05, 4.69) is 5.10 Å². The minimum Gasteiger partial charge on any atom is -0.497 e. The fourth-order valence-electron chi connectivity index (χ4n) is 3.95. The topological polar surface area (TPSA) is 79.7 Å². The molecule has 1 N–H and O–H groups in total. The van der Waals surface area contributed by atoms with Crippen LogP contribution in [0.2, 0.25) is 0 Å². The van der Waals surface area contributed by atoms with Crippen molar-refractivity contribution in [3.63, 3.8) is 0 Å². The Morgan fingerprint density at radius 3 is 2.55 bits per heavy atom. The number of carbonyl (C=O) groups excluding carboxylic acids is 1. The first kappa shape index (κ1) is 19.1. The van der Waals surface area contributed by atoms with Gasteiger partial charge in [0.1, 0.15) is 5.75 Å². The number of rotatable bonds is 3. The fraction of sp³-hybridized carbons (Fsp3) is 0.208. The Morgan fingerprint density at radius 2 is 1.84 bits per heavy atom. The Hall–Kier alpha value is -3.87. The number of H-pyrrole nitrogens is 1. The van der Waals surface area contributed by atoms with Crippen LogP contribution in [0.15, 0.2) is 59.4 Å². The highest BCUT2D eigenvalue weighted by Gasteiger charge is 2.26. The molecule has 7 nitrogen and oxygen atoms in total. The van der Waals surface area contributed by atoms with Crippen molar-refractivity contribution in [2.75, 3.05) is 13.7 Å². The maximum atomic E-state index is 13.2. The molecule has 1 aliphatic heterocycles. The first-order chi connectivity index (χ1) is 15.0. The van der Waals surface area contributed by atoms with Gasteiger partial charge in [0.15, 0.2) is 5.65 Å². The lowest BCUT2D eigenvalue weighted by atomic mass is 10.0. The molecule has 7 heteroatoms. The Bertz CT molecular complexity index is 1330. The van der Waals surface area contributed by atoms with Crippen molar-refractivity contribution in [1.29, 1.82) is 0 Å². The Kier molecular flexibility index (Phi) is 4.58. The van der Waals surface area contributed by atoms with Crippen LogP contribution in [-0.4, -0.2) is 39.1 Å². The predicted octanol–water partition coefficient (Wildman–Crippen LogP) is 3.21. The third kappa shape index (κ3) is 3.38. The summed E-state index contributed by atoms with van der Waals surface area (Å²) in [5.41, 5.74) is 5.19. The number of carbonyl (C=O) groups is 1. The molecule has 0 spiro atoms. The number of nitrogens with one attached hydrogen (secondary N) is 1. The van der Waals surface area contributed by atoms with E-state index in [4.69, 9.17) is 9.72 Å². The Balaban J connectivity index is 1.48. The normalized spacial score (nSPS) is 13.3. The Labute approximate surface area is 178 Å². The van der Waals surface area contributed by atoms with E-state index in [1.54, 1.807) is 12.0 Å². The zero-order chi connectivity index (χ0) is 21.5. The average molecular weight is 414 g/mol. The molecule has 2 aromatic heterocycles. The molecule has 1 aliphatic rings. The minimum absolute atomic E-state index is 0.0689. The van der Waals surface area contributed by atoms with Crippen LogP contribution in [0.25, 0.3) is 16.9 Å². The van der Waals surface area contributed by atoms with Crippen LogP contribution in [0.5, 0.6) is 5.75 Å². The van der Waals surface area contributed by atoms with Gasteiger partial charge in [-0.2, -0.15) is 0 Å². The molecular formula is C24H22N4O3. The van der Waals surface area contributed by atoms with Gasteiger partial charge in [0.25, 0.3) is 11.5 Å². The summed E-state index contributed by atoms with van der Waals surface area (Å²) in [7, 11) is 1.62. The standard InChI is InChI=1S/C24H22N4O3/c1-15-3-5-17(6-4-15)23(29)27-12-11-20-19(14-27)24(30)28-22(25-20)13-21(26-28)16-7-9-18(31-2)10-8-16/h3-10,13,26H,11-12,14H2,1-2H3. The van der Waals surface area contributed by atoms with Crippen molar-refractivity contribution in [3.05, 3.63) is 87.3 Å². The number of aromatic nitrogens is 3. The maximum absolute atomic E-state index is 13.2. The lowest BCUT2D eigenvalue weighted by Gasteiger charge is -2.27. The second kappa shape index (κ2) is 7.43. The zero-order valence-electron chi connectivity index (χ0n) is 17.4. The van der Waals surface area contributed by atoms with Crippen LogP contribution in [0.1, 0.15) is 27.2 Å². The summed E-state index contributed by atoms with van der Waals surface area (Å²) in [5.74, 6) is 0.699. The highest BCUT2D eigenvalue weighted by Crippen LogP contribution is 2.23. The van der Waals surface area contributed by atoms with Crippen LogP contribution in [-0.2, 0) is 13.0 Å². The number of amides is 1. The summed E-state index contributed by atoms with van der Waals surface area (Å²) >= 11 is 0. The van der Waals surface area contributed by atoms with Gasteiger partial charge in [-0.25, -0.2) is 9.50 Å². The highest BCUT2D eigenvalue weighted by molar-refractivity contribution is 5.94. The second-order valence-corrected chi connectivity index (χ2v) is 7.78. The van der Waals surface area contributed by atoms with Crippen LogP contribution in [0, 0.1) is 6.92 Å². The molecule has 2 aromatic carbocycles. The maximum Gasteiger partial charge on any atom is 0.277 e. The molecule has 0 saturated carbocycles. The number of aromatic amines is 1. The van der Waals surface area contributed by atoms with Gasteiger partial charge in [0.2, 0.25) is 0 Å². The largest absolute Gasteiger partial charge is 0.497 e. The zero-order valence-corrected chi connectivity index (χ0v) is 17.4. The van der Waals surface area contributed by atoms with Crippen molar-refractivity contribution in [2.24, 2.45) is 0 Å². The van der Waals surface area contributed by atoms with Crippen LogP contribution in [0.3, 0.4) is 0 Å². The van der Waals surface area contributed by atoms with Gasteiger partial charge in [-0.1, -0.05) is 17.7 Å². The molecule has 0 atom stereocenters. The molecule has 0 radical (unpaired) electrons. The smallest absolute Gasteiger partial charge is 0.277 e. The van der Waals surface area contributed by atoms with E-state index in [0.717, 1.165) is 28.3 Å². The van der Waals surface area contributed by atoms with Gasteiger partial charge in [-0.3, -0.25) is 14.7 Å². The number of nitrogens with zero attached hydrogens (tertiary/aromatic N) is 3. The van der Waals surface area contributed by atoms with E-state index in [1.165, 1.54) is 4.52 Å². The molecule has 156 valence electrons. The van der Waals surface area contributed by atoms with Gasteiger partial charge in [-0.15, -0.1) is 0 Å². The van der Waals surface area contributed by atoms with E-state index >= 15 is 0 Å². The SMILES string of the molecule is COc1ccc(-c2cc3nc4c(c(=O)n3[nH]2)CN(C(=O)c2ccc(C)cc2)CC4)cc1. The number of ether oxygens (including phenoxy) is 1. The molecule has 0 unspecified atom stereocenters. The highest BCUT2D eigenvalue weighted by atomic mass is 16.5. The van der Waals surface area contributed by atoms with Crippen molar-refractivity contribution in [1.82, 2.24) is 19.5 Å². The van der Waals surface area contributed by atoms with Gasteiger partial charge >= 0.3 is 0 Å². The fourth-order valence-corrected chi connectivity index (χ4v) is 3.95. The lowest BCUT2D eigenvalue weighted by Crippen LogP contribution is -2.40. The van der Waals surface area contributed by atoms with E-state index < -0.39 is 0 Å². The number of hydrogen-bond donors (Lipinski definition) is 1. The number of aryl methyl sites for hydroxylation is 1. The lowest BCUT2D eigenvalue weighted by molar-refractivity contribution is 0.0732. The summed E-state index contributed by atoms with van der Waals surface area (Å²) in [5, 5.41) is 3.15. The molecule has 0 saturated heterocycles. The third-order valence-corrected chi connectivity index (χ3v) is 5.75. The van der Waals surface area contributed by atoms with Gasteiger partial charge in [0.05, 0.1) is 30.6 Å². The van der Waals surface area contributed by atoms with E-state index in [0.29, 0.717) is 29.7 Å².